The third kappa shape index (κ3) is 1.97. The molecule has 0 aliphatic rings. The van der Waals surface area contributed by atoms with Crippen LogP contribution in [0, 0.1) is 0 Å². The zero-order valence-corrected chi connectivity index (χ0v) is 10.8. The van der Waals surface area contributed by atoms with E-state index in [-0.39, 0.29) is 5.56 Å². The highest BCUT2D eigenvalue weighted by Gasteiger charge is 2.11. The highest BCUT2D eigenvalue weighted by molar-refractivity contribution is 5.82. The van der Waals surface area contributed by atoms with Crippen LogP contribution < -0.4 is 19.9 Å². The first-order valence-electron chi connectivity index (χ1n) is 5.40. The van der Waals surface area contributed by atoms with Crippen LogP contribution in [0.25, 0.3) is 10.9 Å². The molecule has 1 aromatic heterocycles. The molecule has 0 fully saturated rings. The van der Waals surface area contributed by atoms with Gasteiger partial charge in [-0.05, 0) is 6.07 Å². The van der Waals surface area contributed by atoms with Crippen LogP contribution in [0.2, 0.25) is 0 Å². The van der Waals surface area contributed by atoms with E-state index in [1.54, 1.807) is 24.1 Å². The van der Waals surface area contributed by atoms with E-state index in [1.165, 1.54) is 7.11 Å². The molecule has 0 unspecified atom stereocenters. The molecule has 0 saturated carbocycles. The van der Waals surface area contributed by atoms with Crippen LogP contribution in [0.15, 0.2) is 16.9 Å². The number of benzene rings is 1. The van der Waals surface area contributed by atoms with Crippen molar-refractivity contribution in [1.29, 1.82) is 0 Å². The van der Waals surface area contributed by atoms with E-state index in [0.29, 0.717) is 28.4 Å². The van der Waals surface area contributed by atoms with E-state index < -0.39 is 0 Å². The molecule has 0 saturated heterocycles. The summed E-state index contributed by atoms with van der Waals surface area (Å²) in [4.78, 5) is 20.7. The molecule has 2 aromatic rings. The van der Waals surface area contributed by atoms with Gasteiger partial charge in [-0.25, -0.2) is 4.98 Å². The lowest BCUT2D eigenvalue weighted by Crippen LogP contribution is -2.18. The Hall–Kier alpha value is -2.24. The molecule has 18 heavy (non-hydrogen) atoms. The number of fused-ring (bicyclic) bond motifs is 1. The van der Waals surface area contributed by atoms with E-state index in [4.69, 9.17) is 9.47 Å². The molecular weight excluding hydrogens is 234 g/mol. The largest absolute Gasteiger partial charge is 0.493 e. The van der Waals surface area contributed by atoms with Crippen molar-refractivity contribution in [2.75, 3.05) is 33.2 Å². The van der Waals surface area contributed by atoms with Gasteiger partial charge in [-0.15, -0.1) is 0 Å². The van der Waals surface area contributed by atoms with Crippen LogP contribution in [0.5, 0.6) is 11.5 Å². The maximum absolute atomic E-state index is 12.0. The molecule has 6 nitrogen and oxygen atoms in total. The van der Waals surface area contributed by atoms with Crippen molar-refractivity contribution in [3.05, 3.63) is 22.5 Å². The van der Waals surface area contributed by atoms with Crippen molar-refractivity contribution in [2.45, 2.75) is 0 Å². The van der Waals surface area contributed by atoms with E-state index in [2.05, 4.69) is 9.97 Å². The van der Waals surface area contributed by atoms with Gasteiger partial charge in [-0.3, -0.25) is 9.78 Å². The van der Waals surface area contributed by atoms with Gasteiger partial charge in [0.25, 0.3) is 5.56 Å². The Kier molecular flexibility index (Phi) is 3.10. The Bertz CT molecular complexity index is 634. The van der Waals surface area contributed by atoms with Gasteiger partial charge in [-0.1, -0.05) is 0 Å². The quantitative estimate of drug-likeness (QED) is 0.879. The van der Waals surface area contributed by atoms with Gasteiger partial charge in [0, 0.05) is 20.2 Å². The minimum atomic E-state index is -0.204. The second-order valence-corrected chi connectivity index (χ2v) is 4.01. The van der Waals surface area contributed by atoms with Gasteiger partial charge >= 0.3 is 0 Å². The van der Waals surface area contributed by atoms with Crippen LogP contribution in [-0.4, -0.2) is 38.3 Å². The lowest BCUT2D eigenvalue weighted by atomic mass is 10.2. The predicted molar refractivity (Wildman–Crippen MR) is 69.8 cm³/mol. The zero-order chi connectivity index (χ0) is 13.3. The van der Waals surface area contributed by atoms with Crippen molar-refractivity contribution in [1.82, 2.24) is 9.97 Å². The number of nitrogens with zero attached hydrogens (tertiary/aromatic N) is 2. The van der Waals surface area contributed by atoms with Crippen LogP contribution in [0.1, 0.15) is 0 Å². The summed E-state index contributed by atoms with van der Waals surface area (Å²) in [5, 5.41) is 0.471. The van der Waals surface area contributed by atoms with Gasteiger partial charge in [0.05, 0.1) is 25.1 Å². The number of methoxy groups -OCH3 is 2. The van der Waals surface area contributed by atoms with Gasteiger partial charge in [-0.2, -0.15) is 0 Å². The summed E-state index contributed by atoms with van der Waals surface area (Å²) < 4.78 is 10.4. The Morgan fingerprint density at radius 2 is 1.78 bits per heavy atom. The predicted octanol–water partition coefficient (Wildman–Crippen LogP) is 1.01. The Balaban J connectivity index is 2.76. The minimum Gasteiger partial charge on any atom is -0.493 e. The molecule has 1 N–H and O–H groups in total. The number of hydrogen-bond donors (Lipinski definition) is 1. The van der Waals surface area contributed by atoms with Crippen LogP contribution in [-0.2, 0) is 0 Å². The van der Waals surface area contributed by atoms with E-state index in [9.17, 15) is 4.79 Å². The number of hydrogen-bond acceptors (Lipinski definition) is 5. The van der Waals surface area contributed by atoms with E-state index in [0.717, 1.165) is 0 Å². The van der Waals surface area contributed by atoms with Crippen molar-refractivity contribution < 1.29 is 9.47 Å². The number of H-pyrrole nitrogens is 1. The first-order valence-corrected chi connectivity index (χ1v) is 5.40. The number of aromatic amines is 1. The lowest BCUT2D eigenvalue weighted by Gasteiger charge is -2.12. The topological polar surface area (TPSA) is 67.5 Å². The highest BCUT2D eigenvalue weighted by Crippen LogP contribution is 2.30. The number of anilines is 1. The molecule has 1 heterocycles. The second-order valence-electron chi connectivity index (χ2n) is 4.01. The summed E-state index contributed by atoms with van der Waals surface area (Å²) in [6, 6.07) is 3.32. The average Bonchev–Trinajstić information content (AvgIpc) is 2.36. The summed E-state index contributed by atoms with van der Waals surface area (Å²) in [6.07, 6.45) is 0. The highest BCUT2D eigenvalue weighted by atomic mass is 16.5. The Morgan fingerprint density at radius 1 is 1.17 bits per heavy atom. The molecule has 0 spiro atoms. The SMILES string of the molecule is COc1cc2nc(N(C)C)[nH]c(=O)c2cc1OC. The molecule has 0 aliphatic carbocycles. The van der Waals surface area contributed by atoms with Crippen LogP contribution in [0.3, 0.4) is 0 Å². The summed E-state index contributed by atoms with van der Waals surface area (Å²) in [5.74, 6) is 1.56. The smallest absolute Gasteiger partial charge is 0.260 e. The Morgan fingerprint density at radius 3 is 2.33 bits per heavy atom. The second kappa shape index (κ2) is 4.56. The van der Waals surface area contributed by atoms with Crippen molar-refractivity contribution in [3.8, 4) is 11.5 Å². The molecule has 96 valence electrons. The summed E-state index contributed by atoms with van der Waals surface area (Å²) in [7, 11) is 6.69. The molecule has 0 bridgehead atoms. The van der Waals surface area contributed by atoms with Gasteiger partial charge in [0.15, 0.2) is 11.5 Å². The number of ether oxygens (including phenoxy) is 2. The molecular formula is C12H15N3O3. The molecule has 6 heteroatoms. The lowest BCUT2D eigenvalue weighted by molar-refractivity contribution is 0.355. The fourth-order valence-corrected chi connectivity index (χ4v) is 1.67. The maximum atomic E-state index is 12.0. The first kappa shape index (κ1) is 12.2. The van der Waals surface area contributed by atoms with E-state index in [1.807, 2.05) is 14.1 Å². The number of aromatic nitrogens is 2. The molecule has 0 aliphatic heterocycles. The molecule has 0 amide bonds. The molecule has 0 radical (unpaired) electrons. The van der Waals surface area contributed by atoms with Gasteiger partial charge in [0.2, 0.25) is 5.95 Å². The van der Waals surface area contributed by atoms with Gasteiger partial charge < -0.3 is 14.4 Å². The van der Waals surface area contributed by atoms with Gasteiger partial charge in [0.1, 0.15) is 0 Å². The molecule has 2 rings (SSSR count). The van der Waals surface area contributed by atoms with E-state index >= 15 is 0 Å². The van der Waals surface area contributed by atoms with Crippen molar-refractivity contribution in [3.63, 3.8) is 0 Å². The zero-order valence-electron chi connectivity index (χ0n) is 10.8. The molecule has 0 atom stereocenters. The summed E-state index contributed by atoms with van der Waals surface area (Å²) in [6.45, 7) is 0. The standard InChI is InChI=1S/C12H15N3O3/c1-15(2)12-13-8-6-10(18-4)9(17-3)5-7(8)11(16)14-12/h5-6H,1-4H3,(H,13,14,16). The summed E-state index contributed by atoms with van der Waals surface area (Å²) in [5.41, 5.74) is 0.366. The fourth-order valence-electron chi connectivity index (χ4n) is 1.67. The van der Waals surface area contributed by atoms with Crippen molar-refractivity contribution >= 4 is 16.9 Å². The summed E-state index contributed by atoms with van der Waals surface area (Å²) >= 11 is 0. The monoisotopic (exact) mass is 249 g/mol. The third-order valence-electron chi connectivity index (χ3n) is 2.62. The maximum Gasteiger partial charge on any atom is 0.260 e. The third-order valence-corrected chi connectivity index (χ3v) is 2.62. The fraction of sp³-hybridized carbons (Fsp3) is 0.333. The normalized spacial score (nSPS) is 10.4. The van der Waals surface area contributed by atoms with Crippen LogP contribution >= 0.6 is 0 Å². The average molecular weight is 249 g/mol. The van der Waals surface area contributed by atoms with Crippen molar-refractivity contribution in [2.24, 2.45) is 0 Å². The first-order chi connectivity index (χ1) is 8.56. The Labute approximate surface area is 104 Å². The number of nitrogens with one attached hydrogen (secondary N) is 1. The number of rotatable bonds is 3. The minimum absolute atomic E-state index is 0.204. The molecule has 1 aromatic carbocycles. The van der Waals surface area contributed by atoms with Crippen LogP contribution in [0.4, 0.5) is 5.95 Å².